The third-order valence-corrected chi connectivity index (χ3v) is 6.98. The average Bonchev–Trinajstić information content (AvgIpc) is 3.45. The molecule has 2 aromatic carbocycles. The van der Waals surface area contributed by atoms with Crippen LogP contribution in [-0.2, 0) is 22.4 Å². The summed E-state index contributed by atoms with van der Waals surface area (Å²) in [6.07, 6.45) is -3.03. The van der Waals surface area contributed by atoms with Crippen molar-refractivity contribution in [1.29, 1.82) is 0 Å². The molecule has 44 heavy (non-hydrogen) atoms. The van der Waals surface area contributed by atoms with Gasteiger partial charge in [-0.25, -0.2) is 0 Å². The Morgan fingerprint density at radius 2 is 1.77 bits per heavy atom. The van der Waals surface area contributed by atoms with Crippen LogP contribution in [0.1, 0.15) is 28.0 Å². The van der Waals surface area contributed by atoms with Gasteiger partial charge in [0.15, 0.2) is 5.82 Å². The van der Waals surface area contributed by atoms with Crippen molar-refractivity contribution in [2.24, 2.45) is 0 Å². The number of halogens is 3. The second-order valence-electron chi connectivity index (χ2n) is 10.1. The summed E-state index contributed by atoms with van der Waals surface area (Å²) < 4.78 is 48.4. The minimum absolute atomic E-state index is 0.105. The predicted octanol–water partition coefficient (Wildman–Crippen LogP) is 4.19. The number of amides is 3. The molecule has 14 heteroatoms. The molecule has 3 aromatic rings. The highest BCUT2D eigenvalue weighted by atomic mass is 19.4. The van der Waals surface area contributed by atoms with Crippen LogP contribution in [0.4, 0.5) is 30.4 Å². The van der Waals surface area contributed by atoms with Gasteiger partial charge in [-0.2, -0.15) is 18.3 Å². The number of nitrogens with zero attached hydrogens (tertiary/aromatic N) is 3. The van der Waals surface area contributed by atoms with E-state index in [1.807, 2.05) is 12.1 Å². The number of ether oxygens (including phenoxy) is 2. The molecule has 3 amide bonds. The molecule has 3 N–H and O–H groups in total. The number of hydrogen-bond donors (Lipinski definition) is 3. The summed E-state index contributed by atoms with van der Waals surface area (Å²) in [7, 11) is 3.16. The average molecular weight is 615 g/mol. The van der Waals surface area contributed by atoms with E-state index in [1.54, 1.807) is 32.4 Å². The van der Waals surface area contributed by atoms with Crippen LogP contribution < -0.4 is 25.0 Å². The summed E-state index contributed by atoms with van der Waals surface area (Å²) in [5.41, 5.74) is 2.38. The van der Waals surface area contributed by atoms with Crippen molar-refractivity contribution in [3.63, 3.8) is 0 Å². The third kappa shape index (κ3) is 8.60. The maximum Gasteiger partial charge on any atom is 0.390 e. The molecule has 2 heterocycles. The largest absolute Gasteiger partial charge is 0.497 e. The maximum atomic E-state index is 13.2. The van der Waals surface area contributed by atoms with E-state index >= 15 is 0 Å². The number of piperazine rings is 1. The molecule has 1 aromatic heterocycles. The molecule has 0 atom stereocenters. The van der Waals surface area contributed by atoms with Crippen molar-refractivity contribution in [2.45, 2.75) is 25.4 Å². The first-order valence-corrected chi connectivity index (χ1v) is 13.7. The number of carbonyl (C=O) groups excluding carboxylic acids is 3. The first kappa shape index (κ1) is 32.1. The number of carbonyl (C=O) groups is 3. The van der Waals surface area contributed by atoms with Crippen LogP contribution in [0.15, 0.2) is 55.1 Å². The van der Waals surface area contributed by atoms with Crippen molar-refractivity contribution in [2.75, 3.05) is 55.9 Å². The van der Waals surface area contributed by atoms with Gasteiger partial charge in [0, 0.05) is 43.1 Å². The number of aryl methyl sites for hydroxylation is 2. The molecule has 1 aliphatic rings. The van der Waals surface area contributed by atoms with Gasteiger partial charge in [0.05, 0.1) is 38.4 Å². The molecule has 234 valence electrons. The van der Waals surface area contributed by atoms with Crippen molar-refractivity contribution in [3.05, 3.63) is 71.9 Å². The van der Waals surface area contributed by atoms with Gasteiger partial charge < -0.3 is 25.0 Å². The normalized spacial score (nSPS) is 13.8. The number of rotatable bonds is 12. The van der Waals surface area contributed by atoms with Gasteiger partial charge in [-0.1, -0.05) is 6.58 Å². The molecule has 0 radical (unpaired) electrons. The molecule has 1 fully saturated rings. The SMILES string of the molecule is C=CC(=O)Nc1cc(N2CCN(CCC(F)(F)F)CC2=O)ccc1C(=O)Nc1cc(CCc2cc(OC)cc(OC)c2)[nH]n1. The van der Waals surface area contributed by atoms with Crippen molar-refractivity contribution < 1.29 is 37.0 Å². The Morgan fingerprint density at radius 3 is 2.41 bits per heavy atom. The smallest absolute Gasteiger partial charge is 0.390 e. The Hall–Kier alpha value is -4.85. The highest BCUT2D eigenvalue weighted by Crippen LogP contribution is 2.28. The summed E-state index contributed by atoms with van der Waals surface area (Å²) >= 11 is 0. The van der Waals surface area contributed by atoms with Crippen LogP contribution in [0, 0.1) is 0 Å². The zero-order chi connectivity index (χ0) is 31.9. The Kier molecular flexibility index (Phi) is 10.3. The van der Waals surface area contributed by atoms with E-state index in [0.29, 0.717) is 30.0 Å². The molecule has 0 spiro atoms. The summed E-state index contributed by atoms with van der Waals surface area (Å²) in [6, 6.07) is 11.8. The first-order chi connectivity index (χ1) is 21.0. The maximum absolute atomic E-state index is 13.2. The standard InChI is InChI=1S/C30H33F3N6O5/c1-4-27(40)34-25-16-21(39-12-11-38(18-28(39)41)10-9-30(31,32)33)7-8-24(25)29(42)35-26-15-20(36-37-26)6-5-19-13-22(43-2)17-23(14-19)44-3/h4,7-8,13-17H,1,5-6,9-12,18H2,2-3H3,(H,34,40)(H2,35,36,37,42). The molecular weight excluding hydrogens is 581 g/mol. The third-order valence-electron chi connectivity index (χ3n) is 6.98. The Bertz CT molecular complexity index is 1500. The van der Waals surface area contributed by atoms with E-state index in [2.05, 4.69) is 27.4 Å². The van der Waals surface area contributed by atoms with Gasteiger partial charge in [-0.05, 0) is 54.8 Å². The molecule has 0 bridgehead atoms. The molecule has 4 rings (SSSR count). The lowest BCUT2D eigenvalue weighted by Gasteiger charge is -2.34. The number of methoxy groups -OCH3 is 2. The van der Waals surface area contributed by atoms with Crippen molar-refractivity contribution in [1.82, 2.24) is 15.1 Å². The van der Waals surface area contributed by atoms with Gasteiger partial charge in [0.25, 0.3) is 5.91 Å². The van der Waals surface area contributed by atoms with Crippen LogP contribution in [-0.4, -0.2) is 79.4 Å². The molecule has 1 aliphatic heterocycles. The summed E-state index contributed by atoms with van der Waals surface area (Å²) in [6.45, 7) is 3.38. The van der Waals surface area contributed by atoms with Gasteiger partial charge in [0.2, 0.25) is 11.8 Å². The number of nitrogens with one attached hydrogen (secondary N) is 3. The number of alkyl halides is 3. The zero-order valence-corrected chi connectivity index (χ0v) is 24.3. The van der Waals surface area contributed by atoms with E-state index in [1.165, 1.54) is 21.9 Å². The molecular formula is C30H33F3N6O5. The molecule has 0 aliphatic carbocycles. The summed E-state index contributed by atoms with van der Waals surface area (Å²) in [5.74, 6) is 0.0896. The lowest BCUT2D eigenvalue weighted by Crippen LogP contribution is -2.51. The van der Waals surface area contributed by atoms with Crippen LogP contribution in [0.5, 0.6) is 11.5 Å². The molecule has 1 saturated heterocycles. The fourth-order valence-electron chi connectivity index (χ4n) is 4.68. The summed E-state index contributed by atoms with van der Waals surface area (Å²) in [4.78, 5) is 41.0. The van der Waals surface area contributed by atoms with Gasteiger partial charge in [0.1, 0.15) is 11.5 Å². The van der Waals surface area contributed by atoms with E-state index in [0.717, 1.165) is 17.3 Å². The number of benzene rings is 2. The minimum atomic E-state index is -4.31. The van der Waals surface area contributed by atoms with Gasteiger partial charge in [-0.3, -0.25) is 24.4 Å². The van der Waals surface area contributed by atoms with Crippen LogP contribution >= 0.6 is 0 Å². The quantitative estimate of drug-likeness (QED) is 0.261. The lowest BCUT2D eigenvalue weighted by molar-refractivity contribution is -0.140. The number of aromatic amines is 1. The topological polar surface area (TPSA) is 129 Å². The van der Waals surface area contributed by atoms with E-state index in [4.69, 9.17) is 9.47 Å². The Balaban J connectivity index is 1.44. The van der Waals surface area contributed by atoms with Crippen LogP contribution in [0.3, 0.4) is 0 Å². The lowest BCUT2D eigenvalue weighted by atomic mass is 10.1. The highest BCUT2D eigenvalue weighted by Gasteiger charge is 2.31. The predicted molar refractivity (Wildman–Crippen MR) is 158 cm³/mol. The van der Waals surface area contributed by atoms with E-state index < -0.39 is 30.3 Å². The second-order valence-corrected chi connectivity index (χ2v) is 10.1. The number of H-pyrrole nitrogens is 1. The van der Waals surface area contributed by atoms with E-state index in [9.17, 15) is 27.6 Å². The fraction of sp³-hybridized carbons (Fsp3) is 0.333. The van der Waals surface area contributed by atoms with Gasteiger partial charge in [-0.15, -0.1) is 0 Å². The number of anilines is 3. The molecule has 0 saturated carbocycles. The van der Waals surface area contributed by atoms with Gasteiger partial charge >= 0.3 is 6.18 Å². The minimum Gasteiger partial charge on any atom is -0.497 e. The number of hydrogen-bond acceptors (Lipinski definition) is 7. The van der Waals surface area contributed by atoms with E-state index in [-0.39, 0.29) is 43.2 Å². The van der Waals surface area contributed by atoms with Crippen molar-refractivity contribution in [3.8, 4) is 11.5 Å². The summed E-state index contributed by atoms with van der Waals surface area (Å²) in [5, 5.41) is 12.4. The second kappa shape index (κ2) is 14.1. The van der Waals surface area contributed by atoms with Crippen LogP contribution in [0.2, 0.25) is 0 Å². The van der Waals surface area contributed by atoms with Crippen molar-refractivity contribution >= 4 is 34.9 Å². The highest BCUT2D eigenvalue weighted by molar-refractivity contribution is 6.12. The van der Waals surface area contributed by atoms with Crippen LogP contribution in [0.25, 0.3) is 0 Å². The fourth-order valence-corrected chi connectivity index (χ4v) is 4.68. The first-order valence-electron chi connectivity index (χ1n) is 13.7. The monoisotopic (exact) mass is 614 g/mol. The number of aromatic nitrogens is 2. The zero-order valence-electron chi connectivity index (χ0n) is 24.3. The Labute approximate surface area is 252 Å². The molecule has 11 nitrogen and oxygen atoms in total. The molecule has 0 unspecified atom stereocenters. The Morgan fingerprint density at radius 1 is 1.05 bits per heavy atom.